The molecule has 0 saturated heterocycles. The Hall–Kier alpha value is -7.35. The fourth-order valence-electron chi connectivity index (χ4n) is 4.02. The van der Waals surface area contributed by atoms with Gasteiger partial charge in [0.15, 0.2) is 18.7 Å². The molecule has 0 aliphatic heterocycles. The summed E-state index contributed by atoms with van der Waals surface area (Å²) in [6.45, 7) is 63.8. The number of nitrogens with one attached hydrogen (secondary N) is 2. The van der Waals surface area contributed by atoms with Crippen molar-refractivity contribution in [2.75, 3.05) is 0 Å². The molecule has 0 aliphatic rings. The van der Waals surface area contributed by atoms with Crippen molar-refractivity contribution in [1.82, 2.24) is 29.5 Å². The van der Waals surface area contributed by atoms with Crippen LogP contribution in [0.5, 0.6) is 0 Å². The summed E-state index contributed by atoms with van der Waals surface area (Å²) in [6.07, 6.45) is 24.1. The van der Waals surface area contributed by atoms with Crippen LogP contribution in [0.1, 0.15) is 208 Å². The second kappa shape index (κ2) is 103. The summed E-state index contributed by atoms with van der Waals surface area (Å²) in [4.78, 5) is 18.5. The van der Waals surface area contributed by atoms with E-state index in [0.29, 0.717) is 0 Å². The van der Waals surface area contributed by atoms with E-state index in [9.17, 15) is 0 Å². The van der Waals surface area contributed by atoms with Gasteiger partial charge in [0.25, 0.3) is 0 Å². The van der Waals surface area contributed by atoms with Gasteiger partial charge in [0.1, 0.15) is 24.0 Å². The standard InChI is InChI=1S/C7H8.3C5H7N.2C5H6O.2C5H6S.3C4H5NO.11C2H6/c1-7-5-3-2-4-6-7;1-5-2-3-6-4-5;1-6-4-2-3-5-6;1-5-3-2-4-6-5;1-5-2-3-6-4-5;1-5-3-2-4-6-5;1-5-2-3-6-4-5;1-5-3-2-4-6-5;1-4-2-6-3-5-4;1-4-2-5-3-6-4;1-4-5-2-3-6-4;11*1-2/h2-6H,1H3;2-4,6H,1H3;2-5H,1H3;2-4,6H,1H3;4*2-4H,1H3;3*2-3H,1H3;11*1-2H3. The Morgan fingerprint density at radius 2 is 1.01 bits per heavy atom. The molecule has 0 radical (unpaired) electrons. The van der Waals surface area contributed by atoms with Gasteiger partial charge in [-0.1, -0.05) is 194 Å². The van der Waals surface area contributed by atoms with Crippen molar-refractivity contribution < 1.29 is 22.1 Å². The first-order valence-corrected chi connectivity index (χ1v) is 34.0. The number of aromatic nitrogens is 6. The summed E-state index contributed by atoms with van der Waals surface area (Å²) in [5.74, 6) is 2.54. The van der Waals surface area contributed by atoms with Crippen LogP contribution in [0.2, 0.25) is 0 Å². The number of hydrogen-bond donors (Lipinski definition) is 2. The van der Waals surface area contributed by atoms with Gasteiger partial charge < -0.3 is 36.6 Å². The van der Waals surface area contributed by atoms with Gasteiger partial charge in [-0.3, -0.25) is 0 Å². The molecular formula is C76H134N6O5S2. The maximum atomic E-state index is 4.83. The van der Waals surface area contributed by atoms with Crippen molar-refractivity contribution in [2.45, 2.75) is 222 Å². The number of oxazole rings is 3. The lowest BCUT2D eigenvalue weighted by Crippen LogP contribution is -1.75. The number of hydrogen-bond acceptors (Lipinski definition) is 10. The average molecular weight is 1280 g/mol. The van der Waals surface area contributed by atoms with Gasteiger partial charge in [-0.2, -0.15) is 11.3 Å². The number of aromatic amines is 2. The zero-order chi connectivity index (χ0) is 71.2. The highest BCUT2D eigenvalue weighted by molar-refractivity contribution is 7.09. The summed E-state index contributed by atoms with van der Waals surface area (Å²) in [5, 5.41) is 6.28. The van der Waals surface area contributed by atoms with Gasteiger partial charge >= 0.3 is 0 Å². The number of nitrogens with zero attached hydrogens (tertiary/aromatic N) is 4. The molecule has 0 bridgehead atoms. The largest absolute Gasteiger partial charge is 0.472 e. The van der Waals surface area contributed by atoms with Gasteiger partial charge in [0.2, 0.25) is 0 Å². The molecule has 0 amide bonds. The van der Waals surface area contributed by atoms with Crippen LogP contribution >= 0.6 is 22.7 Å². The first kappa shape index (κ1) is 106. The van der Waals surface area contributed by atoms with Crippen LogP contribution in [0.3, 0.4) is 0 Å². The minimum Gasteiger partial charge on any atom is -0.472 e. The Balaban J connectivity index is -0.0000000810. The number of benzene rings is 1. The molecule has 0 atom stereocenters. The Morgan fingerprint density at radius 1 is 0.427 bits per heavy atom. The van der Waals surface area contributed by atoms with Crippen molar-refractivity contribution >= 4 is 22.7 Å². The maximum Gasteiger partial charge on any atom is 0.190 e. The van der Waals surface area contributed by atoms with Crippen LogP contribution in [0.25, 0.3) is 0 Å². The highest BCUT2D eigenvalue weighted by Gasteiger charge is 1.81. The molecule has 13 heteroatoms. The first-order valence-electron chi connectivity index (χ1n) is 32.2. The Bertz CT molecular complexity index is 1950. The molecule has 11 nitrogen and oxygen atoms in total. The predicted molar refractivity (Wildman–Crippen MR) is 401 cm³/mol. The molecule has 0 aliphatic carbocycles. The predicted octanol–water partition coefficient (Wildman–Crippen LogP) is 27.2. The Labute approximate surface area is 556 Å². The zero-order valence-corrected chi connectivity index (χ0v) is 64.3. The lowest BCUT2D eigenvalue weighted by molar-refractivity contribution is 0.521. The van der Waals surface area contributed by atoms with E-state index >= 15 is 0 Å². The van der Waals surface area contributed by atoms with E-state index in [2.05, 4.69) is 104 Å². The van der Waals surface area contributed by atoms with Crippen molar-refractivity contribution in [3.05, 3.63) is 257 Å². The minimum absolute atomic E-state index is 0.718. The zero-order valence-electron chi connectivity index (χ0n) is 62.7. The Morgan fingerprint density at radius 3 is 1.15 bits per heavy atom. The summed E-state index contributed by atoms with van der Waals surface area (Å²) in [7, 11) is 2.00. The second-order valence-corrected chi connectivity index (χ2v) is 16.0. The molecule has 10 aromatic heterocycles. The van der Waals surface area contributed by atoms with Crippen molar-refractivity contribution in [3.8, 4) is 0 Å². The van der Waals surface area contributed by atoms with Gasteiger partial charge in [-0.05, 0) is 156 Å². The Kier molecular flexibility index (Phi) is 123. The average Bonchev–Trinajstić information content (AvgIpc) is 4.42. The van der Waals surface area contributed by atoms with Gasteiger partial charge in [-0.25, -0.2) is 15.0 Å². The quantitative estimate of drug-likeness (QED) is 0.153. The van der Waals surface area contributed by atoms with Crippen molar-refractivity contribution in [2.24, 2.45) is 7.05 Å². The van der Waals surface area contributed by atoms with E-state index in [0.717, 1.165) is 23.1 Å². The van der Waals surface area contributed by atoms with Crippen LogP contribution in [-0.2, 0) is 7.05 Å². The lowest BCUT2D eigenvalue weighted by atomic mass is 10.2. The summed E-state index contributed by atoms with van der Waals surface area (Å²) < 4.78 is 25.6. The van der Waals surface area contributed by atoms with Crippen molar-refractivity contribution in [1.29, 1.82) is 0 Å². The number of aryl methyl sites for hydroxylation is 11. The summed E-state index contributed by atoms with van der Waals surface area (Å²) in [5.41, 5.74) is 7.29. The van der Waals surface area contributed by atoms with Gasteiger partial charge in [-0.15, -0.1) is 11.3 Å². The SMILES string of the molecule is CC.CC.CC.CC.CC.CC.CC.CC.CC.CC.CC.Cc1cc[nH]c1.Cc1ccc[nH]1.Cc1ccccc1.Cc1ccco1.Cc1cccs1.Cc1ccoc1.Cc1ccsc1.Cc1cnco1.Cc1cocn1.Cc1ncco1.Cn1cccc1. The van der Waals surface area contributed by atoms with Crippen LogP contribution < -0.4 is 0 Å². The third kappa shape index (κ3) is 99.9. The molecule has 89 heavy (non-hydrogen) atoms. The number of H-pyrrole nitrogens is 2. The van der Waals surface area contributed by atoms with E-state index < -0.39 is 0 Å². The molecule has 0 saturated carbocycles. The number of furan rings is 2. The fraction of sp³-hybridized carbons (Fsp3) is 0.434. The molecule has 510 valence electrons. The molecule has 1 aromatic carbocycles. The van der Waals surface area contributed by atoms with E-state index in [1.165, 1.54) is 45.6 Å². The normalized spacial score (nSPS) is 7.38. The van der Waals surface area contributed by atoms with Crippen LogP contribution in [0, 0.1) is 69.2 Å². The monoisotopic (exact) mass is 1270 g/mol. The van der Waals surface area contributed by atoms with E-state index in [-0.39, 0.29) is 0 Å². The highest BCUT2D eigenvalue weighted by Crippen LogP contribution is 2.04. The number of thiophene rings is 2. The van der Waals surface area contributed by atoms with E-state index in [1.807, 2.05) is 296 Å². The maximum absolute atomic E-state index is 4.83. The number of rotatable bonds is 0. The molecule has 0 fully saturated rings. The molecular weight excluding hydrogens is 1140 g/mol. The van der Waals surface area contributed by atoms with E-state index in [1.54, 1.807) is 73.3 Å². The molecule has 0 spiro atoms. The first-order chi connectivity index (χ1) is 43.3. The smallest absolute Gasteiger partial charge is 0.190 e. The molecule has 0 unspecified atom stereocenters. The van der Waals surface area contributed by atoms with Crippen molar-refractivity contribution in [3.63, 3.8) is 0 Å². The lowest BCUT2D eigenvalue weighted by Gasteiger charge is -1.82. The van der Waals surface area contributed by atoms with Crippen LogP contribution in [-0.4, -0.2) is 29.5 Å². The van der Waals surface area contributed by atoms with E-state index in [4.69, 9.17) is 17.7 Å². The van der Waals surface area contributed by atoms with Crippen LogP contribution in [0.4, 0.5) is 0 Å². The fourth-order valence-corrected chi connectivity index (χ4v) is 5.21. The van der Waals surface area contributed by atoms with Crippen LogP contribution in [0.15, 0.2) is 223 Å². The van der Waals surface area contributed by atoms with Gasteiger partial charge in [0.05, 0.1) is 36.9 Å². The molecule has 11 aromatic rings. The molecule has 11 rings (SSSR count). The minimum atomic E-state index is 0.718. The molecule has 10 heterocycles. The second-order valence-electron chi connectivity index (χ2n) is 14.1. The summed E-state index contributed by atoms with van der Waals surface area (Å²) in [6, 6.07) is 32.3. The highest BCUT2D eigenvalue weighted by atomic mass is 32.1. The van der Waals surface area contributed by atoms with Gasteiger partial charge in [0, 0.05) is 55.5 Å². The molecule has 2 N–H and O–H groups in total. The summed E-state index contributed by atoms with van der Waals surface area (Å²) >= 11 is 3.52. The third-order valence-corrected chi connectivity index (χ3v) is 9.12. The topological polar surface area (TPSA) is 141 Å². The third-order valence-electron chi connectivity index (χ3n) is 7.52.